The molecular weight excluding hydrogens is 246 g/mol. The van der Waals surface area contributed by atoms with Crippen LogP contribution in [0.3, 0.4) is 0 Å². The molecule has 0 saturated heterocycles. The summed E-state index contributed by atoms with van der Waals surface area (Å²) in [6.45, 7) is 4.41. The summed E-state index contributed by atoms with van der Waals surface area (Å²) in [6, 6.07) is 3.97. The van der Waals surface area contributed by atoms with Gasteiger partial charge in [0.25, 0.3) is 0 Å². The van der Waals surface area contributed by atoms with E-state index >= 15 is 0 Å². The lowest BCUT2D eigenvalue weighted by Gasteiger charge is -2.12. The van der Waals surface area contributed by atoms with Crippen molar-refractivity contribution in [3.05, 3.63) is 40.1 Å². The molecule has 1 unspecified atom stereocenters. The number of aryl methyl sites for hydroxylation is 1. The van der Waals surface area contributed by atoms with Crippen LogP contribution < -0.4 is 10.5 Å². The quantitative estimate of drug-likeness (QED) is 0.899. The fraction of sp³-hybridized carbons (Fsp3) is 0.385. The van der Waals surface area contributed by atoms with Crippen LogP contribution in [-0.2, 0) is 13.0 Å². The minimum Gasteiger partial charge on any atom is -0.485 e. The molecule has 0 saturated carbocycles. The number of nitrogens with zero attached hydrogens (tertiary/aromatic N) is 2. The van der Waals surface area contributed by atoms with Crippen LogP contribution in [0.25, 0.3) is 0 Å². The average molecular weight is 263 g/mol. The first-order chi connectivity index (χ1) is 8.65. The number of pyridine rings is 1. The minimum absolute atomic E-state index is 0.0703. The normalized spacial score (nSPS) is 12.4. The molecule has 18 heavy (non-hydrogen) atoms. The van der Waals surface area contributed by atoms with Crippen molar-refractivity contribution >= 4 is 11.3 Å². The maximum Gasteiger partial charge on any atom is 0.141 e. The van der Waals surface area contributed by atoms with Gasteiger partial charge in [-0.25, -0.2) is 4.98 Å². The molecule has 0 amide bonds. The van der Waals surface area contributed by atoms with Crippen LogP contribution >= 0.6 is 11.3 Å². The van der Waals surface area contributed by atoms with E-state index in [1.165, 1.54) is 0 Å². The smallest absolute Gasteiger partial charge is 0.141 e. The van der Waals surface area contributed by atoms with Crippen molar-refractivity contribution < 1.29 is 4.74 Å². The van der Waals surface area contributed by atoms with Gasteiger partial charge in [-0.15, -0.1) is 11.3 Å². The summed E-state index contributed by atoms with van der Waals surface area (Å²) in [4.78, 5) is 8.68. The number of thiazole rings is 1. The zero-order chi connectivity index (χ0) is 13.0. The highest BCUT2D eigenvalue weighted by Gasteiger charge is 2.09. The Labute approximate surface area is 111 Å². The van der Waals surface area contributed by atoms with Gasteiger partial charge in [-0.1, -0.05) is 0 Å². The molecule has 2 heterocycles. The molecule has 0 aliphatic heterocycles. The lowest BCUT2D eigenvalue weighted by atomic mass is 10.1. The molecule has 0 bridgehead atoms. The Balaban J connectivity index is 2.10. The Bertz CT molecular complexity index is 497. The lowest BCUT2D eigenvalue weighted by Crippen LogP contribution is -2.19. The van der Waals surface area contributed by atoms with Gasteiger partial charge in [0.2, 0.25) is 0 Å². The van der Waals surface area contributed by atoms with Crippen molar-refractivity contribution in [2.45, 2.75) is 32.9 Å². The standard InChI is InChI=1S/C13H17N3OS/c1-9(14)5-12-13(4-3-10(2)16-12)17-6-11-7-18-8-15-11/h3-4,7-9H,5-6,14H2,1-2H3. The summed E-state index contributed by atoms with van der Waals surface area (Å²) in [5.74, 6) is 0.797. The Hall–Kier alpha value is -1.46. The van der Waals surface area contributed by atoms with Crippen LogP contribution in [-0.4, -0.2) is 16.0 Å². The highest BCUT2D eigenvalue weighted by Crippen LogP contribution is 2.19. The number of nitrogens with two attached hydrogens (primary N) is 1. The molecular formula is C13H17N3OS. The largest absolute Gasteiger partial charge is 0.485 e. The molecule has 1 atom stereocenters. The van der Waals surface area contributed by atoms with E-state index in [9.17, 15) is 0 Å². The SMILES string of the molecule is Cc1ccc(OCc2cscn2)c(CC(C)N)n1. The van der Waals surface area contributed by atoms with E-state index in [4.69, 9.17) is 10.5 Å². The van der Waals surface area contributed by atoms with Crippen LogP contribution in [0.4, 0.5) is 0 Å². The second-order valence-corrected chi connectivity index (χ2v) is 5.07. The Morgan fingerprint density at radius 1 is 1.44 bits per heavy atom. The molecule has 0 radical (unpaired) electrons. The monoisotopic (exact) mass is 263 g/mol. The average Bonchev–Trinajstić information content (AvgIpc) is 2.80. The summed E-state index contributed by atoms with van der Waals surface area (Å²) in [5, 5.41) is 1.98. The third-order valence-electron chi connectivity index (χ3n) is 2.45. The molecule has 2 aromatic heterocycles. The van der Waals surface area contributed by atoms with Crippen molar-refractivity contribution in [2.24, 2.45) is 5.73 Å². The highest BCUT2D eigenvalue weighted by atomic mass is 32.1. The van der Waals surface area contributed by atoms with Crippen molar-refractivity contribution in [2.75, 3.05) is 0 Å². The van der Waals surface area contributed by atoms with Gasteiger partial charge < -0.3 is 10.5 Å². The maximum atomic E-state index is 5.83. The van der Waals surface area contributed by atoms with Gasteiger partial charge >= 0.3 is 0 Å². The topological polar surface area (TPSA) is 61.0 Å². The first kappa shape index (κ1) is 13.0. The molecule has 4 nitrogen and oxygen atoms in total. The second kappa shape index (κ2) is 5.93. The predicted octanol–water partition coefficient (Wildman–Crippen LogP) is 2.32. The van der Waals surface area contributed by atoms with E-state index in [2.05, 4.69) is 9.97 Å². The van der Waals surface area contributed by atoms with Gasteiger partial charge in [0, 0.05) is 23.5 Å². The Kier molecular flexibility index (Phi) is 4.28. The number of hydrogen-bond acceptors (Lipinski definition) is 5. The maximum absolute atomic E-state index is 5.83. The molecule has 5 heteroatoms. The van der Waals surface area contributed by atoms with Crippen molar-refractivity contribution in [3.8, 4) is 5.75 Å². The summed E-state index contributed by atoms with van der Waals surface area (Å²) in [5.41, 5.74) is 10.5. The van der Waals surface area contributed by atoms with Gasteiger partial charge in [0.05, 0.1) is 16.9 Å². The van der Waals surface area contributed by atoms with Crippen molar-refractivity contribution in [1.29, 1.82) is 0 Å². The number of hydrogen-bond donors (Lipinski definition) is 1. The van der Waals surface area contributed by atoms with E-state index in [-0.39, 0.29) is 6.04 Å². The molecule has 0 aliphatic rings. The molecule has 2 aromatic rings. The molecule has 0 fully saturated rings. The summed E-state index contributed by atoms with van der Waals surface area (Å²) in [7, 11) is 0. The molecule has 0 aliphatic carbocycles. The first-order valence-electron chi connectivity index (χ1n) is 5.87. The summed E-state index contributed by atoms with van der Waals surface area (Å²) >= 11 is 1.57. The van der Waals surface area contributed by atoms with Crippen molar-refractivity contribution in [3.63, 3.8) is 0 Å². The number of aromatic nitrogens is 2. The molecule has 96 valence electrons. The fourth-order valence-electron chi connectivity index (χ4n) is 1.64. The molecule has 2 rings (SSSR count). The predicted molar refractivity (Wildman–Crippen MR) is 72.8 cm³/mol. The third kappa shape index (κ3) is 3.51. The van der Waals surface area contributed by atoms with Crippen LogP contribution in [0.15, 0.2) is 23.0 Å². The lowest BCUT2D eigenvalue weighted by molar-refractivity contribution is 0.296. The summed E-state index contributed by atoms with van der Waals surface area (Å²) in [6.07, 6.45) is 0.716. The molecule has 2 N–H and O–H groups in total. The minimum atomic E-state index is 0.0703. The van der Waals surface area contributed by atoms with Crippen LogP contribution in [0.1, 0.15) is 24.0 Å². The van der Waals surface area contributed by atoms with Crippen LogP contribution in [0, 0.1) is 6.92 Å². The van der Waals surface area contributed by atoms with Gasteiger partial charge in [0.1, 0.15) is 12.4 Å². The van der Waals surface area contributed by atoms with Gasteiger partial charge in [-0.2, -0.15) is 0 Å². The Morgan fingerprint density at radius 3 is 2.94 bits per heavy atom. The van der Waals surface area contributed by atoms with E-state index in [0.717, 1.165) is 22.8 Å². The molecule has 0 spiro atoms. The number of rotatable bonds is 5. The van der Waals surface area contributed by atoms with E-state index in [1.807, 2.05) is 31.4 Å². The van der Waals surface area contributed by atoms with Crippen LogP contribution in [0.5, 0.6) is 5.75 Å². The Morgan fingerprint density at radius 2 is 2.28 bits per heavy atom. The third-order valence-corrected chi connectivity index (χ3v) is 3.08. The zero-order valence-corrected chi connectivity index (χ0v) is 11.4. The van der Waals surface area contributed by atoms with Gasteiger partial charge in [-0.05, 0) is 26.0 Å². The van der Waals surface area contributed by atoms with E-state index < -0.39 is 0 Å². The van der Waals surface area contributed by atoms with E-state index in [0.29, 0.717) is 13.0 Å². The van der Waals surface area contributed by atoms with E-state index in [1.54, 1.807) is 16.8 Å². The van der Waals surface area contributed by atoms with Crippen molar-refractivity contribution in [1.82, 2.24) is 9.97 Å². The van der Waals surface area contributed by atoms with Gasteiger partial charge in [0.15, 0.2) is 0 Å². The summed E-state index contributed by atoms with van der Waals surface area (Å²) < 4.78 is 5.76. The fourth-order valence-corrected chi connectivity index (χ4v) is 2.18. The molecule has 0 aromatic carbocycles. The van der Waals surface area contributed by atoms with Crippen LogP contribution in [0.2, 0.25) is 0 Å². The van der Waals surface area contributed by atoms with Gasteiger partial charge in [-0.3, -0.25) is 4.98 Å². The zero-order valence-electron chi connectivity index (χ0n) is 10.6. The first-order valence-corrected chi connectivity index (χ1v) is 6.81. The highest BCUT2D eigenvalue weighted by molar-refractivity contribution is 7.07. The second-order valence-electron chi connectivity index (χ2n) is 4.35. The number of ether oxygens (including phenoxy) is 1.